The fourth-order valence-corrected chi connectivity index (χ4v) is 3.67. The van der Waals surface area contributed by atoms with Crippen molar-refractivity contribution in [3.05, 3.63) is 59.4 Å². The van der Waals surface area contributed by atoms with E-state index < -0.39 is 11.5 Å². The Morgan fingerprint density at radius 2 is 1.97 bits per heavy atom. The van der Waals surface area contributed by atoms with Crippen LogP contribution in [0.5, 0.6) is 0 Å². The second-order valence-electron chi connectivity index (χ2n) is 8.46. The van der Waals surface area contributed by atoms with Crippen molar-refractivity contribution in [2.24, 2.45) is 15.7 Å². The normalized spacial score (nSPS) is 19.0. The first-order valence-electron chi connectivity index (χ1n) is 11.4. The second-order valence-corrected chi connectivity index (χ2v) is 8.46. The molecule has 2 heterocycles. The molecule has 34 heavy (non-hydrogen) atoms. The van der Waals surface area contributed by atoms with E-state index in [0.29, 0.717) is 12.3 Å². The van der Waals surface area contributed by atoms with Gasteiger partial charge in [0.2, 0.25) is 0 Å². The third-order valence-electron chi connectivity index (χ3n) is 5.45. The third-order valence-corrected chi connectivity index (χ3v) is 5.45. The summed E-state index contributed by atoms with van der Waals surface area (Å²) in [6, 6.07) is 13.1. The average molecular weight is 469 g/mol. The Morgan fingerprint density at radius 1 is 1.21 bits per heavy atom. The zero-order valence-corrected chi connectivity index (χ0v) is 19.8. The second kappa shape index (κ2) is 11.7. The summed E-state index contributed by atoms with van der Waals surface area (Å²) < 4.78 is 17.0. The van der Waals surface area contributed by atoms with Gasteiger partial charge < -0.3 is 24.9 Å². The van der Waals surface area contributed by atoms with Crippen molar-refractivity contribution in [1.29, 1.82) is 0 Å². The number of nitrogens with two attached hydrogens (primary N) is 1. The van der Waals surface area contributed by atoms with Gasteiger partial charge in [0.05, 0.1) is 30.7 Å². The largest absolute Gasteiger partial charge is 0.463 e. The lowest BCUT2D eigenvalue weighted by molar-refractivity contribution is -0.146. The van der Waals surface area contributed by atoms with Gasteiger partial charge in [-0.15, -0.1) is 0 Å². The molecular weight excluding hydrogens is 436 g/mol. The van der Waals surface area contributed by atoms with Crippen molar-refractivity contribution in [2.45, 2.75) is 57.8 Å². The van der Waals surface area contributed by atoms with Crippen LogP contribution in [-0.4, -0.2) is 54.0 Å². The van der Waals surface area contributed by atoms with Gasteiger partial charge >= 0.3 is 5.97 Å². The Bertz CT molecular complexity index is 1030. The first-order chi connectivity index (χ1) is 16.3. The Hall–Kier alpha value is -3.30. The van der Waals surface area contributed by atoms with Crippen LogP contribution in [0.25, 0.3) is 0 Å². The van der Waals surface area contributed by atoms with Gasteiger partial charge in [-0.25, -0.2) is 4.99 Å². The molecule has 0 saturated carbocycles. The van der Waals surface area contributed by atoms with Crippen LogP contribution < -0.4 is 5.73 Å². The number of benzene rings is 1. The summed E-state index contributed by atoms with van der Waals surface area (Å²) in [7, 11) is 0. The number of rotatable bonds is 9. The molecule has 1 aromatic heterocycles. The molecule has 1 saturated heterocycles. The molecule has 0 aliphatic carbocycles. The Kier molecular flexibility index (Phi) is 8.72. The number of H-pyrrole nitrogens is 1. The molecule has 3 rings (SSSR count). The Balaban J connectivity index is 1.58. The zero-order valence-electron chi connectivity index (χ0n) is 19.8. The highest BCUT2D eigenvalue weighted by Gasteiger charge is 2.30. The number of amidine groups is 1. The molecule has 182 valence electrons. The minimum atomic E-state index is -1.07. The maximum Gasteiger partial charge on any atom is 0.310 e. The van der Waals surface area contributed by atoms with Crippen molar-refractivity contribution < 1.29 is 23.8 Å². The molecule has 9 heteroatoms. The molecule has 1 aliphatic heterocycles. The van der Waals surface area contributed by atoms with E-state index in [-0.39, 0.29) is 37.0 Å². The van der Waals surface area contributed by atoms with Gasteiger partial charge in [-0.3, -0.25) is 9.59 Å². The van der Waals surface area contributed by atoms with Crippen LogP contribution in [0.4, 0.5) is 0 Å². The monoisotopic (exact) mass is 468 g/mol. The van der Waals surface area contributed by atoms with E-state index in [0.717, 1.165) is 30.4 Å². The number of ether oxygens (including phenoxy) is 3. The number of nitrogens with zero attached hydrogens (tertiary/aromatic N) is 2. The molecule has 1 fully saturated rings. The van der Waals surface area contributed by atoms with Crippen molar-refractivity contribution in [2.75, 3.05) is 13.2 Å². The first-order valence-corrected chi connectivity index (χ1v) is 11.4. The first kappa shape index (κ1) is 25.3. The van der Waals surface area contributed by atoms with Crippen LogP contribution in [-0.2, 0) is 30.2 Å². The number of esters is 1. The fraction of sp³-hybridized carbons (Fsp3) is 0.440. The standard InChI is InChI=1S/C25H32N4O5/c1-4-33-25(2,3)24(31)29-23(27-16-26)20-12-11-19(28-20)21-13-10-18(34-21)15-32-22(30)14-17-8-6-5-7-9-17/h5-9,11-12,16,18,21,28H,4,10,13-15H2,1-3H3,(H2,26,27,29,31). The smallest absolute Gasteiger partial charge is 0.310 e. The maximum absolute atomic E-state index is 12.6. The molecule has 0 bridgehead atoms. The van der Waals surface area contributed by atoms with Crippen LogP contribution >= 0.6 is 0 Å². The topological polar surface area (TPSA) is 128 Å². The minimum absolute atomic E-state index is 0.163. The summed E-state index contributed by atoms with van der Waals surface area (Å²) >= 11 is 0. The summed E-state index contributed by atoms with van der Waals surface area (Å²) in [5.74, 6) is -0.572. The highest BCUT2D eigenvalue weighted by molar-refractivity contribution is 6.08. The number of aromatic nitrogens is 1. The lowest BCUT2D eigenvalue weighted by atomic mass is 10.1. The summed E-state index contributed by atoms with van der Waals surface area (Å²) in [6.45, 7) is 5.73. The van der Waals surface area contributed by atoms with Crippen LogP contribution in [0.3, 0.4) is 0 Å². The highest BCUT2D eigenvalue weighted by atomic mass is 16.6. The Morgan fingerprint density at radius 3 is 2.68 bits per heavy atom. The summed E-state index contributed by atoms with van der Waals surface area (Å²) in [4.78, 5) is 36.0. The van der Waals surface area contributed by atoms with Crippen molar-refractivity contribution in [3.63, 3.8) is 0 Å². The van der Waals surface area contributed by atoms with Gasteiger partial charge in [-0.05, 0) is 51.3 Å². The average Bonchev–Trinajstić information content (AvgIpc) is 3.48. The van der Waals surface area contributed by atoms with Crippen LogP contribution in [0.2, 0.25) is 0 Å². The molecule has 0 radical (unpaired) electrons. The number of amides is 1. The molecule has 1 aromatic carbocycles. The summed E-state index contributed by atoms with van der Waals surface area (Å²) in [6.07, 6.45) is 2.49. The summed E-state index contributed by atoms with van der Waals surface area (Å²) in [5, 5.41) is 0. The van der Waals surface area contributed by atoms with Crippen molar-refractivity contribution >= 4 is 24.1 Å². The van der Waals surface area contributed by atoms with Gasteiger partial charge in [-0.2, -0.15) is 4.99 Å². The predicted octanol–water partition coefficient (Wildman–Crippen LogP) is 3.10. The van der Waals surface area contributed by atoms with Gasteiger partial charge in [0.25, 0.3) is 5.91 Å². The van der Waals surface area contributed by atoms with Crippen LogP contribution in [0, 0.1) is 0 Å². The molecular formula is C25H32N4O5. The molecule has 2 aromatic rings. The molecule has 1 aliphatic rings. The van der Waals surface area contributed by atoms with E-state index in [1.807, 2.05) is 43.3 Å². The fourth-order valence-electron chi connectivity index (χ4n) is 3.67. The molecule has 9 nitrogen and oxygen atoms in total. The van der Waals surface area contributed by atoms with E-state index in [2.05, 4.69) is 15.0 Å². The molecule has 1 amide bonds. The van der Waals surface area contributed by atoms with E-state index >= 15 is 0 Å². The van der Waals surface area contributed by atoms with Crippen molar-refractivity contribution in [3.8, 4) is 0 Å². The number of carbonyl (C=O) groups is 2. The van der Waals surface area contributed by atoms with Crippen LogP contribution in [0.15, 0.2) is 52.4 Å². The zero-order chi connectivity index (χ0) is 24.6. The number of nitrogens with one attached hydrogen (secondary N) is 1. The lowest BCUT2D eigenvalue weighted by Crippen LogP contribution is -2.34. The van der Waals surface area contributed by atoms with Gasteiger partial charge in [0.15, 0.2) is 5.84 Å². The molecule has 0 spiro atoms. The summed E-state index contributed by atoms with van der Waals surface area (Å²) in [5.41, 5.74) is 6.68. The number of hydrogen-bond acceptors (Lipinski definition) is 5. The number of aliphatic imine (C=N–C) groups is 2. The van der Waals surface area contributed by atoms with E-state index in [1.54, 1.807) is 19.9 Å². The molecule has 2 atom stereocenters. The minimum Gasteiger partial charge on any atom is -0.463 e. The maximum atomic E-state index is 12.6. The third kappa shape index (κ3) is 6.85. The van der Waals surface area contributed by atoms with E-state index in [4.69, 9.17) is 19.9 Å². The Labute approximate surface area is 199 Å². The van der Waals surface area contributed by atoms with Gasteiger partial charge in [0.1, 0.15) is 12.2 Å². The van der Waals surface area contributed by atoms with E-state index in [9.17, 15) is 9.59 Å². The lowest BCUT2D eigenvalue weighted by Gasteiger charge is -2.20. The number of hydrogen-bond donors (Lipinski definition) is 2. The quantitative estimate of drug-likeness (QED) is 0.331. The molecule has 3 N–H and O–H groups in total. The number of aromatic amines is 1. The number of carbonyl (C=O) groups excluding carboxylic acids is 2. The van der Waals surface area contributed by atoms with Crippen LogP contribution in [0.1, 0.15) is 56.7 Å². The SMILES string of the molecule is CCOC(C)(C)C(=O)N=C(N=CN)c1ccc(C2CCC(COC(=O)Cc3ccccc3)O2)[nH]1. The predicted molar refractivity (Wildman–Crippen MR) is 129 cm³/mol. The van der Waals surface area contributed by atoms with E-state index in [1.165, 1.54) is 0 Å². The molecule has 2 unspecified atom stereocenters. The van der Waals surface area contributed by atoms with Crippen molar-refractivity contribution in [1.82, 2.24) is 4.98 Å². The van der Waals surface area contributed by atoms with Gasteiger partial charge in [0, 0.05) is 12.3 Å². The van der Waals surface area contributed by atoms with Gasteiger partial charge in [-0.1, -0.05) is 30.3 Å². The highest BCUT2D eigenvalue weighted by Crippen LogP contribution is 2.32.